The number of hydrogen-bond donors (Lipinski definition) is 0. The third kappa shape index (κ3) is 10.9. The molecular weight excluding hydrogens is 1030 g/mol. The van der Waals surface area contributed by atoms with Crippen LogP contribution in [0.25, 0.3) is 87.1 Å². The number of hydrogen-bond acceptors (Lipinski definition) is 4. The minimum Gasteiger partial charge on any atom is -0.333 e. The van der Waals surface area contributed by atoms with Gasteiger partial charge in [-0.25, -0.2) is 0 Å². The zero-order valence-corrected chi connectivity index (χ0v) is 45.0. The van der Waals surface area contributed by atoms with Gasteiger partial charge >= 0.3 is 20.1 Å². The Morgan fingerprint density at radius 3 is 1.07 bits per heavy atom. The van der Waals surface area contributed by atoms with E-state index >= 15 is 0 Å². The van der Waals surface area contributed by atoms with E-state index in [0.29, 0.717) is 0 Å². The summed E-state index contributed by atoms with van der Waals surface area (Å²) in [6, 6.07) is 58.6. The van der Waals surface area contributed by atoms with Gasteiger partial charge < -0.3 is 19.6 Å². The first-order valence-electron chi connectivity index (χ1n) is 24.0. The molecule has 0 fully saturated rings. The summed E-state index contributed by atoms with van der Waals surface area (Å²) in [5.41, 5.74) is 6.16. The molecule has 70 heavy (non-hydrogen) atoms. The van der Waals surface area contributed by atoms with Crippen molar-refractivity contribution in [3.8, 4) is 22.5 Å². The fourth-order valence-electron chi connectivity index (χ4n) is 8.62. The van der Waals surface area contributed by atoms with Crippen molar-refractivity contribution in [1.82, 2.24) is 9.97 Å². The summed E-state index contributed by atoms with van der Waals surface area (Å²) in [5.74, 6) is -0.208. The molecular formula is C65H63IrN2O2. The molecule has 4 nitrogen and oxygen atoms in total. The number of aromatic nitrogens is 2. The Hall–Kier alpha value is -6.52. The van der Waals surface area contributed by atoms with Gasteiger partial charge in [0, 0.05) is 24.0 Å². The van der Waals surface area contributed by atoms with Crippen molar-refractivity contribution in [2.75, 3.05) is 0 Å². The van der Waals surface area contributed by atoms with Gasteiger partial charge in [-0.15, -0.1) is 71.8 Å². The molecule has 8 aromatic carbocycles. The molecule has 0 unspecified atom stereocenters. The van der Waals surface area contributed by atoms with Gasteiger partial charge in [0.25, 0.3) is 0 Å². The number of rotatable bonds is 4. The Balaban J connectivity index is 0.000000165. The van der Waals surface area contributed by atoms with Crippen molar-refractivity contribution < 1.29 is 29.7 Å². The molecule has 0 aliphatic heterocycles. The fraction of sp³-hybridized carbons (Fsp3) is 0.246. The number of carbonyl (C=O) groups excluding carboxylic acids is 2. The van der Waals surface area contributed by atoms with E-state index < -0.39 is 10.8 Å². The molecule has 0 radical (unpaired) electrons. The van der Waals surface area contributed by atoms with E-state index in [9.17, 15) is 9.59 Å². The summed E-state index contributed by atoms with van der Waals surface area (Å²) >= 11 is 0. The second-order valence-electron chi connectivity index (χ2n) is 22.3. The van der Waals surface area contributed by atoms with Crippen LogP contribution in [0, 0.1) is 29.4 Å². The summed E-state index contributed by atoms with van der Waals surface area (Å²) in [5, 5.41) is 15.1. The molecule has 0 aliphatic rings. The summed E-state index contributed by atoms with van der Waals surface area (Å²) in [6.45, 7) is 24.4. The molecule has 10 aromatic rings. The van der Waals surface area contributed by atoms with Gasteiger partial charge in [0.05, 0.1) is 0 Å². The van der Waals surface area contributed by atoms with Gasteiger partial charge in [0.15, 0.2) is 0 Å². The molecule has 5 heteroatoms. The molecule has 2 aromatic heterocycles. The Bertz CT molecular complexity index is 3300. The van der Waals surface area contributed by atoms with Crippen LogP contribution in [0.4, 0.5) is 0 Å². The topological polar surface area (TPSA) is 59.9 Å². The van der Waals surface area contributed by atoms with E-state index in [1.165, 1.54) is 82.2 Å². The maximum absolute atomic E-state index is 11.4. The van der Waals surface area contributed by atoms with Crippen molar-refractivity contribution in [2.24, 2.45) is 10.8 Å². The van der Waals surface area contributed by atoms with Gasteiger partial charge in [0.1, 0.15) is 0 Å². The quantitative estimate of drug-likeness (QED) is 0.100. The molecule has 354 valence electrons. The molecule has 10 rings (SSSR count). The van der Waals surface area contributed by atoms with Crippen LogP contribution < -0.4 is 0 Å². The maximum Gasteiger partial charge on any atom is 3.00 e. The summed E-state index contributed by atoms with van der Waals surface area (Å²) < 4.78 is 0. The molecule has 0 saturated heterocycles. The summed E-state index contributed by atoms with van der Waals surface area (Å²) in [7, 11) is 0. The molecule has 0 saturated carbocycles. The van der Waals surface area contributed by atoms with Crippen LogP contribution in [0.2, 0.25) is 0 Å². The van der Waals surface area contributed by atoms with E-state index in [4.69, 9.17) is 0 Å². The summed E-state index contributed by atoms with van der Waals surface area (Å²) in [6.07, 6.45) is 5.04. The molecule has 0 amide bonds. The Morgan fingerprint density at radius 2 is 0.729 bits per heavy atom. The van der Waals surface area contributed by atoms with Crippen LogP contribution in [-0.4, -0.2) is 21.5 Å². The van der Waals surface area contributed by atoms with Gasteiger partial charge in [-0.3, -0.25) is 6.42 Å². The molecule has 0 N–H and O–H groups in total. The van der Waals surface area contributed by atoms with E-state index in [1.807, 2.05) is 90.3 Å². The molecule has 0 spiro atoms. The zero-order chi connectivity index (χ0) is 49.5. The van der Waals surface area contributed by atoms with Crippen molar-refractivity contribution in [3.05, 3.63) is 188 Å². The third-order valence-corrected chi connectivity index (χ3v) is 12.9. The smallest absolute Gasteiger partial charge is 0.333 e. The van der Waals surface area contributed by atoms with Crippen LogP contribution in [0.5, 0.6) is 0 Å². The number of ketones is 2. The van der Waals surface area contributed by atoms with Gasteiger partial charge in [0.2, 0.25) is 0 Å². The zero-order valence-electron chi connectivity index (χ0n) is 42.6. The Morgan fingerprint density at radius 1 is 0.400 bits per heavy atom. The minimum absolute atomic E-state index is 0. The van der Waals surface area contributed by atoms with Gasteiger partial charge in [-0.1, -0.05) is 168 Å². The molecule has 0 bridgehead atoms. The Labute approximate surface area is 428 Å². The molecule has 0 aliphatic carbocycles. The van der Waals surface area contributed by atoms with Gasteiger partial charge in [-0.2, -0.15) is 0 Å². The van der Waals surface area contributed by atoms with Crippen molar-refractivity contribution in [3.63, 3.8) is 0 Å². The van der Waals surface area contributed by atoms with E-state index in [-0.39, 0.29) is 42.5 Å². The van der Waals surface area contributed by atoms with Crippen LogP contribution in [-0.2, 0) is 40.5 Å². The predicted octanol–water partition coefficient (Wildman–Crippen LogP) is 17.0. The maximum atomic E-state index is 11.4. The molecule has 2 heterocycles. The first-order chi connectivity index (χ1) is 32.6. The van der Waals surface area contributed by atoms with E-state index in [0.717, 1.165) is 22.5 Å². The van der Waals surface area contributed by atoms with Crippen LogP contribution >= 0.6 is 0 Å². The van der Waals surface area contributed by atoms with Crippen LogP contribution in [0.15, 0.2) is 158 Å². The number of nitrogens with zero attached hydrogens (tertiary/aromatic N) is 2. The monoisotopic (exact) mass is 1100 g/mol. The first kappa shape index (κ1) is 51.3. The minimum atomic E-state index is -0.457. The van der Waals surface area contributed by atoms with E-state index in [2.05, 4.69) is 173 Å². The first-order valence-corrected chi connectivity index (χ1v) is 24.0. The predicted molar refractivity (Wildman–Crippen MR) is 293 cm³/mol. The third-order valence-electron chi connectivity index (χ3n) is 12.9. The summed E-state index contributed by atoms with van der Waals surface area (Å²) in [4.78, 5) is 32.2. The normalized spacial score (nSPS) is 12.0. The SMILES string of the molecule is CC(C)(C)C(=O)[CH-]C(=O)C(C)(C)C.CC(C)(C)c1ccc2c(ccc3c4ccnc(-c5[c-]cccc5)c4ccc23)c1.CC(C)(C)c1ccc2c(ccc3c4ccnc(-c5[c-]cccc5)c4ccc23)c1.[Ir+3]. The second kappa shape index (κ2) is 20.1. The largest absolute Gasteiger partial charge is 3.00 e. The number of Topliss-reactive ketones (excluding diaryl/α,β-unsaturated/α-hetero) is 2. The number of pyridine rings is 2. The van der Waals surface area contributed by atoms with Gasteiger partial charge in [-0.05, 0) is 121 Å². The number of benzene rings is 8. The Kier molecular flexibility index (Phi) is 14.7. The average Bonchev–Trinajstić information content (AvgIpc) is 3.32. The van der Waals surface area contributed by atoms with Crippen LogP contribution in [0.3, 0.4) is 0 Å². The van der Waals surface area contributed by atoms with Crippen molar-refractivity contribution in [1.29, 1.82) is 0 Å². The standard InChI is InChI=1S/2C27H22N.C11H19O2.Ir/c2*1-27(2,3)20-10-12-21-19(17-20)9-11-23-22(21)13-14-25-24(23)15-16-28-26(25)18-7-5-4-6-8-18;1-10(2,3)8(12)7-9(13)11(4,5)6;/h2*4-7,9-17H,1-3H3;7H,1-6H3;/q3*-1;+3. The molecule has 0 atom stereocenters. The van der Waals surface area contributed by atoms with Crippen LogP contribution in [0.1, 0.15) is 94.2 Å². The van der Waals surface area contributed by atoms with Crippen molar-refractivity contribution >= 4 is 76.2 Å². The second-order valence-corrected chi connectivity index (χ2v) is 22.3. The van der Waals surface area contributed by atoms with E-state index in [1.54, 1.807) is 0 Å². The van der Waals surface area contributed by atoms with Crippen molar-refractivity contribution in [2.45, 2.75) is 93.9 Å². The fourth-order valence-corrected chi connectivity index (χ4v) is 8.62. The average molecular weight is 1100 g/mol. The number of fused-ring (bicyclic) bond motifs is 10. The number of carbonyl (C=O) groups is 2.